The fraction of sp³-hybridized carbons (Fsp3) is 0.294. The van der Waals surface area contributed by atoms with Gasteiger partial charge in [-0.3, -0.25) is 0 Å². The largest absolute Gasteiger partial charge is 0.496 e. The maximum absolute atomic E-state index is 6.29. The van der Waals surface area contributed by atoms with Crippen LogP contribution in [0.4, 0.5) is 0 Å². The third-order valence-electron chi connectivity index (χ3n) is 3.50. The lowest BCUT2D eigenvalue weighted by Gasteiger charge is -2.15. The Labute approximate surface area is 125 Å². The number of rotatable bonds is 5. The van der Waals surface area contributed by atoms with Crippen molar-refractivity contribution in [3.63, 3.8) is 0 Å². The van der Waals surface area contributed by atoms with E-state index in [4.69, 9.17) is 22.1 Å². The van der Waals surface area contributed by atoms with Crippen molar-refractivity contribution in [2.75, 3.05) is 7.11 Å². The Morgan fingerprint density at radius 3 is 2.45 bits per heavy atom. The molecule has 2 rings (SSSR count). The molecule has 1 unspecified atom stereocenters. The number of aryl methyl sites for hydroxylation is 1. The summed E-state index contributed by atoms with van der Waals surface area (Å²) >= 11 is 6.05. The first-order chi connectivity index (χ1) is 9.63. The van der Waals surface area contributed by atoms with Gasteiger partial charge in [0.1, 0.15) is 5.75 Å². The van der Waals surface area contributed by atoms with Crippen LogP contribution in [0.15, 0.2) is 42.5 Å². The lowest BCUT2D eigenvalue weighted by atomic mass is 9.98. The van der Waals surface area contributed by atoms with Crippen molar-refractivity contribution in [1.29, 1.82) is 0 Å². The highest BCUT2D eigenvalue weighted by Gasteiger charge is 2.11. The highest BCUT2D eigenvalue weighted by Crippen LogP contribution is 2.27. The van der Waals surface area contributed by atoms with E-state index >= 15 is 0 Å². The fourth-order valence-electron chi connectivity index (χ4n) is 2.26. The smallest absolute Gasteiger partial charge is 0.122 e. The minimum atomic E-state index is -0.0618. The van der Waals surface area contributed by atoms with E-state index in [2.05, 4.69) is 31.2 Å². The summed E-state index contributed by atoms with van der Waals surface area (Å²) in [5.74, 6) is 0.829. The van der Waals surface area contributed by atoms with Gasteiger partial charge in [0.15, 0.2) is 0 Å². The molecule has 2 nitrogen and oxygen atoms in total. The second kappa shape index (κ2) is 6.78. The van der Waals surface area contributed by atoms with Crippen LogP contribution in [0.3, 0.4) is 0 Å². The highest BCUT2D eigenvalue weighted by atomic mass is 35.5. The van der Waals surface area contributed by atoms with Gasteiger partial charge in [-0.15, -0.1) is 0 Å². The maximum Gasteiger partial charge on any atom is 0.122 e. The van der Waals surface area contributed by atoms with Crippen LogP contribution in [0.2, 0.25) is 5.02 Å². The van der Waals surface area contributed by atoms with Crippen molar-refractivity contribution < 1.29 is 4.74 Å². The Morgan fingerprint density at radius 1 is 1.15 bits per heavy atom. The van der Waals surface area contributed by atoms with E-state index < -0.39 is 0 Å². The van der Waals surface area contributed by atoms with Crippen molar-refractivity contribution in [3.05, 3.63) is 64.2 Å². The number of nitrogens with two attached hydrogens (primary N) is 1. The zero-order valence-corrected chi connectivity index (χ0v) is 12.7. The summed E-state index contributed by atoms with van der Waals surface area (Å²) in [5, 5.41) is 0.703. The average Bonchev–Trinajstić information content (AvgIpc) is 2.47. The molecule has 3 heteroatoms. The van der Waals surface area contributed by atoms with Crippen LogP contribution >= 0.6 is 11.6 Å². The van der Waals surface area contributed by atoms with Crippen LogP contribution in [0, 0.1) is 0 Å². The molecule has 0 radical (unpaired) electrons. The molecule has 106 valence electrons. The molecule has 0 spiro atoms. The van der Waals surface area contributed by atoms with Gasteiger partial charge in [-0.05, 0) is 47.7 Å². The molecular weight excluding hydrogens is 270 g/mol. The van der Waals surface area contributed by atoms with Crippen molar-refractivity contribution in [2.45, 2.75) is 25.8 Å². The standard InChI is InChI=1S/C17H20ClNO/c1-3-12-4-6-13(7-5-12)16(19)11-14-10-15(18)8-9-17(14)20-2/h4-10,16H,3,11,19H2,1-2H3. The first-order valence-electron chi connectivity index (χ1n) is 6.81. The minimum absolute atomic E-state index is 0.0618. The molecule has 1 atom stereocenters. The SMILES string of the molecule is CCc1ccc(C(N)Cc2cc(Cl)ccc2OC)cc1. The lowest BCUT2D eigenvalue weighted by molar-refractivity contribution is 0.408. The zero-order valence-electron chi connectivity index (χ0n) is 11.9. The van der Waals surface area contributed by atoms with E-state index in [9.17, 15) is 0 Å². The van der Waals surface area contributed by atoms with Gasteiger partial charge in [0, 0.05) is 11.1 Å². The van der Waals surface area contributed by atoms with Crippen LogP contribution in [0.25, 0.3) is 0 Å². The van der Waals surface area contributed by atoms with Crippen LogP contribution in [0.5, 0.6) is 5.75 Å². The molecule has 2 aromatic carbocycles. The Hall–Kier alpha value is -1.51. The topological polar surface area (TPSA) is 35.2 Å². The first-order valence-corrected chi connectivity index (χ1v) is 7.18. The van der Waals surface area contributed by atoms with Gasteiger partial charge >= 0.3 is 0 Å². The van der Waals surface area contributed by atoms with Crippen molar-refractivity contribution in [1.82, 2.24) is 0 Å². The normalized spacial score (nSPS) is 12.2. The summed E-state index contributed by atoms with van der Waals surface area (Å²) < 4.78 is 5.36. The Morgan fingerprint density at radius 2 is 1.85 bits per heavy atom. The van der Waals surface area contributed by atoms with Gasteiger partial charge in [-0.1, -0.05) is 42.8 Å². The minimum Gasteiger partial charge on any atom is -0.496 e. The van der Waals surface area contributed by atoms with E-state index in [0.717, 1.165) is 23.3 Å². The van der Waals surface area contributed by atoms with Gasteiger partial charge < -0.3 is 10.5 Å². The molecule has 2 N–H and O–H groups in total. The molecule has 0 saturated carbocycles. The number of halogens is 1. The molecule has 20 heavy (non-hydrogen) atoms. The van der Waals surface area contributed by atoms with Gasteiger partial charge in [0.25, 0.3) is 0 Å². The Balaban J connectivity index is 2.17. The number of hydrogen-bond acceptors (Lipinski definition) is 2. The number of methoxy groups -OCH3 is 1. The fourth-order valence-corrected chi connectivity index (χ4v) is 2.46. The van der Waals surface area contributed by atoms with Gasteiger partial charge in [0.2, 0.25) is 0 Å². The molecule has 2 aromatic rings. The molecule has 0 saturated heterocycles. The molecule has 0 aromatic heterocycles. The summed E-state index contributed by atoms with van der Waals surface area (Å²) in [4.78, 5) is 0. The molecule has 0 heterocycles. The van der Waals surface area contributed by atoms with E-state index in [1.807, 2.05) is 18.2 Å². The van der Waals surface area contributed by atoms with Gasteiger partial charge in [0.05, 0.1) is 7.11 Å². The van der Waals surface area contributed by atoms with Crippen molar-refractivity contribution >= 4 is 11.6 Å². The summed E-state index contributed by atoms with van der Waals surface area (Å²) in [6.07, 6.45) is 1.74. The molecular formula is C17H20ClNO. The molecule has 0 aliphatic rings. The predicted molar refractivity (Wildman–Crippen MR) is 84.5 cm³/mol. The van der Waals surface area contributed by atoms with Crippen LogP contribution in [0.1, 0.15) is 29.7 Å². The van der Waals surface area contributed by atoms with E-state index in [1.54, 1.807) is 7.11 Å². The zero-order chi connectivity index (χ0) is 14.5. The molecule has 0 fully saturated rings. The number of ether oxygens (including phenoxy) is 1. The van der Waals surface area contributed by atoms with E-state index in [1.165, 1.54) is 5.56 Å². The summed E-state index contributed by atoms with van der Waals surface area (Å²) in [6, 6.07) is 14.0. The second-order valence-electron chi connectivity index (χ2n) is 4.86. The summed E-state index contributed by atoms with van der Waals surface area (Å²) in [6.45, 7) is 2.14. The maximum atomic E-state index is 6.29. The first kappa shape index (κ1) is 14.9. The molecule has 0 bridgehead atoms. The van der Waals surface area contributed by atoms with Crippen molar-refractivity contribution in [3.8, 4) is 5.75 Å². The third kappa shape index (κ3) is 3.53. The highest BCUT2D eigenvalue weighted by molar-refractivity contribution is 6.30. The Bertz CT molecular complexity index is 566. The number of benzene rings is 2. The van der Waals surface area contributed by atoms with E-state index in [0.29, 0.717) is 11.4 Å². The second-order valence-corrected chi connectivity index (χ2v) is 5.30. The summed E-state index contributed by atoms with van der Waals surface area (Å²) in [7, 11) is 1.66. The van der Waals surface area contributed by atoms with Crippen LogP contribution in [-0.2, 0) is 12.8 Å². The van der Waals surface area contributed by atoms with Gasteiger partial charge in [-0.25, -0.2) is 0 Å². The van der Waals surface area contributed by atoms with Crippen LogP contribution in [-0.4, -0.2) is 7.11 Å². The predicted octanol–water partition coefficient (Wildman–Crippen LogP) is 4.15. The molecule has 0 aliphatic heterocycles. The van der Waals surface area contributed by atoms with Crippen molar-refractivity contribution in [2.24, 2.45) is 5.73 Å². The summed E-state index contributed by atoms with van der Waals surface area (Å²) in [5.41, 5.74) is 9.78. The molecule has 0 amide bonds. The monoisotopic (exact) mass is 289 g/mol. The third-order valence-corrected chi connectivity index (χ3v) is 3.73. The number of hydrogen-bond donors (Lipinski definition) is 1. The molecule has 0 aliphatic carbocycles. The Kier molecular flexibility index (Phi) is 5.05. The van der Waals surface area contributed by atoms with Crippen LogP contribution < -0.4 is 10.5 Å². The quantitative estimate of drug-likeness (QED) is 0.897. The average molecular weight is 290 g/mol. The lowest BCUT2D eigenvalue weighted by Crippen LogP contribution is -2.14. The van der Waals surface area contributed by atoms with E-state index in [-0.39, 0.29) is 6.04 Å². The van der Waals surface area contributed by atoms with Gasteiger partial charge in [-0.2, -0.15) is 0 Å².